The summed E-state index contributed by atoms with van der Waals surface area (Å²) in [5, 5.41) is 2.01. The molecule has 1 heterocycles. The predicted molar refractivity (Wildman–Crippen MR) is 65.0 cm³/mol. The molecule has 0 saturated carbocycles. The molecule has 1 aromatic heterocycles. The molecular formula is C11H18N2OS. The molecule has 0 aromatic carbocycles. The molecule has 0 bridgehead atoms. The maximum absolute atomic E-state index is 5.55. The largest absolute Gasteiger partial charge is 0.496 e. The zero-order valence-electron chi connectivity index (χ0n) is 9.25. The minimum Gasteiger partial charge on any atom is -0.496 e. The lowest BCUT2D eigenvalue weighted by atomic mass is 10.1. The first-order valence-electron chi connectivity index (χ1n) is 4.91. The summed E-state index contributed by atoms with van der Waals surface area (Å²) in [6, 6.07) is 2.11. The van der Waals surface area contributed by atoms with Crippen LogP contribution in [0.2, 0.25) is 0 Å². The van der Waals surface area contributed by atoms with Gasteiger partial charge >= 0.3 is 0 Å². The summed E-state index contributed by atoms with van der Waals surface area (Å²) in [7, 11) is 1.68. The molecule has 3 nitrogen and oxygen atoms in total. The van der Waals surface area contributed by atoms with Crippen molar-refractivity contribution < 1.29 is 4.74 Å². The number of nitrogens with two attached hydrogens (primary N) is 1. The number of hydrogen-bond acceptors (Lipinski definition) is 4. The Morgan fingerprint density at radius 2 is 2.47 bits per heavy atom. The van der Waals surface area contributed by atoms with E-state index in [0.29, 0.717) is 0 Å². The highest BCUT2D eigenvalue weighted by atomic mass is 32.1. The van der Waals surface area contributed by atoms with Crippen molar-refractivity contribution in [1.82, 2.24) is 5.43 Å². The minimum absolute atomic E-state index is 0.150. The molecule has 4 heteroatoms. The van der Waals surface area contributed by atoms with E-state index >= 15 is 0 Å². The fourth-order valence-corrected chi connectivity index (χ4v) is 2.37. The third-order valence-electron chi connectivity index (χ3n) is 2.25. The second-order valence-corrected chi connectivity index (χ2v) is 4.52. The zero-order valence-corrected chi connectivity index (χ0v) is 10.1. The van der Waals surface area contributed by atoms with Crippen LogP contribution in [0.4, 0.5) is 0 Å². The van der Waals surface area contributed by atoms with Crippen LogP contribution in [0.15, 0.2) is 23.6 Å². The van der Waals surface area contributed by atoms with Crippen LogP contribution in [0.3, 0.4) is 0 Å². The van der Waals surface area contributed by atoms with E-state index in [2.05, 4.69) is 12.0 Å². The van der Waals surface area contributed by atoms with E-state index in [4.69, 9.17) is 10.6 Å². The molecule has 0 radical (unpaired) electrons. The van der Waals surface area contributed by atoms with E-state index in [0.717, 1.165) is 23.5 Å². The van der Waals surface area contributed by atoms with Crippen molar-refractivity contribution >= 4 is 11.3 Å². The van der Waals surface area contributed by atoms with Gasteiger partial charge in [0.2, 0.25) is 0 Å². The van der Waals surface area contributed by atoms with Crippen LogP contribution in [0.1, 0.15) is 30.7 Å². The number of allylic oxidation sites excluding steroid dienone is 1. The van der Waals surface area contributed by atoms with Gasteiger partial charge in [0.25, 0.3) is 0 Å². The summed E-state index contributed by atoms with van der Waals surface area (Å²) in [4.78, 5) is 1.15. The fourth-order valence-electron chi connectivity index (χ4n) is 1.41. The molecule has 0 amide bonds. The summed E-state index contributed by atoms with van der Waals surface area (Å²) >= 11 is 1.66. The Hall–Kier alpha value is -0.840. The van der Waals surface area contributed by atoms with Crippen LogP contribution < -0.4 is 16.0 Å². The summed E-state index contributed by atoms with van der Waals surface area (Å²) in [5.41, 5.74) is 4.00. The van der Waals surface area contributed by atoms with E-state index in [9.17, 15) is 0 Å². The predicted octanol–water partition coefficient (Wildman–Crippen LogP) is 2.62. The van der Waals surface area contributed by atoms with Gasteiger partial charge in [-0.3, -0.25) is 11.3 Å². The Balaban J connectivity index is 2.69. The standard InChI is InChI=1S/C11H18N2OS/c1-8(2)4-5-9(13-12)11-10(14-3)6-7-15-11/h6-7,9,13H,1,4-5,12H2,2-3H3. The second kappa shape index (κ2) is 5.90. The maximum atomic E-state index is 5.55. The number of ether oxygens (including phenoxy) is 1. The average Bonchev–Trinajstić information content (AvgIpc) is 2.66. The first kappa shape index (κ1) is 12.2. The zero-order chi connectivity index (χ0) is 11.3. The van der Waals surface area contributed by atoms with Gasteiger partial charge in [-0.1, -0.05) is 5.57 Å². The normalized spacial score (nSPS) is 12.5. The molecule has 1 aromatic rings. The third kappa shape index (κ3) is 3.34. The van der Waals surface area contributed by atoms with Gasteiger partial charge in [-0.25, -0.2) is 0 Å². The molecule has 0 aliphatic rings. The number of hydrogen-bond donors (Lipinski definition) is 2. The SMILES string of the molecule is C=C(C)CCC(NN)c1sccc1OC. The summed E-state index contributed by atoms with van der Waals surface area (Å²) in [6.07, 6.45) is 1.92. The molecule has 0 spiro atoms. The highest BCUT2D eigenvalue weighted by Crippen LogP contribution is 2.33. The molecule has 0 aliphatic carbocycles. The Kier molecular flexibility index (Phi) is 4.81. The van der Waals surface area contributed by atoms with Crippen LogP contribution in [-0.2, 0) is 0 Å². The highest BCUT2D eigenvalue weighted by molar-refractivity contribution is 7.10. The summed E-state index contributed by atoms with van der Waals surface area (Å²) in [6.45, 7) is 5.92. The first-order chi connectivity index (χ1) is 7.19. The van der Waals surface area contributed by atoms with Gasteiger partial charge in [-0.2, -0.15) is 0 Å². The van der Waals surface area contributed by atoms with Crippen LogP contribution in [0.25, 0.3) is 0 Å². The van der Waals surface area contributed by atoms with Crippen LogP contribution in [0.5, 0.6) is 5.75 Å². The molecule has 15 heavy (non-hydrogen) atoms. The summed E-state index contributed by atoms with van der Waals surface area (Å²) in [5.74, 6) is 6.45. The monoisotopic (exact) mass is 226 g/mol. The molecule has 1 unspecified atom stereocenters. The Labute approximate surface area is 94.9 Å². The molecule has 0 fully saturated rings. The highest BCUT2D eigenvalue weighted by Gasteiger charge is 2.15. The quantitative estimate of drug-likeness (QED) is 0.445. The van der Waals surface area contributed by atoms with E-state index in [1.165, 1.54) is 5.57 Å². The number of nitrogens with one attached hydrogen (secondary N) is 1. The van der Waals surface area contributed by atoms with E-state index < -0.39 is 0 Å². The molecule has 84 valence electrons. The smallest absolute Gasteiger partial charge is 0.134 e. The Morgan fingerprint density at radius 1 is 1.73 bits per heavy atom. The Morgan fingerprint density at radius 3 is 3.00 bits per heavy atom. The average molecular weight is 226 g/mol. The first-order valence-corrected chi connectivity index (χ1v) is 5.79. The second-order valence-electron chi connectivity index (χ2n) is 3.57. The fraction of sp³-hybridized carbons (Fsp3) is 0.455. The van der Waals surface area contributed by atoms with Crippen molar-refractivity contribution in [3.63, 3.8) is 0 Å². The van der Waals surface area contributed by atoms with Crippen LogP contribution >= 0.6 is 11.3 Å². The summed E-state index contributed by atoms with van der Waals surface area (Å²) < 4.78 is 5.27. The third-order valence-corrected chi connectivity index (χ3v) is 3.27. The van der Waals surface area contributed by atoms with Gasteiger partial charge in [-0.05, 0) is 31.2 Å². The maximum Gasteiger partial charge on any atom is 0.134 e. The number of rotatable bonds is 6. The van der Waals surface area contributed by atoms with Crippen molar-refractivity contribution in [2.45, 2.75) is 25.8 Å². The lowest BCUT2D eigenvalue weighted by Crippen LogP contribution is -2.27. The van der Waals surface area contributed by atoms with Crippen molar-refractivity contribution in [1.29, 1.82) is 0 Å². The molecule has 3 N–H and O–H groups in total. The number of hydrazine groups is 1. The van der Waals surface area contributed by atoms with Gasteiger partial charge < -0.3 is 4.74 Å². The van der Waals surface area contributed by atoms with Crippen LogP contribution in [-0.4, -0.2) is 7.11 Å². The molecular weight excluding hydrogens is 208 g/mol. The molecule has 1 atom stereocenters. The number of methoxy groups -OCH3 is 1. The van der Waals surface area contributed by atoms with Crippen molar-refractivity contribution in [2.75, 3.05) is 7.11 Å². The van der Waals surface area contributed by atoms with Gasteiger partial charge in [-0.15, -0.1) is 17.9 Å². The number of thiophene rings is 1. The molecule has 1 rings (SSSR count). The van der Waals surface area contributed by atoms with Gasteiger partial charge in [0, 0.05) is 0 Å². The van der Waals surface area contributed by atoms with Crippen molar-refractivity contribution in [3.8, 4) is 5.75 Å². The van der Waals surface area contributed by atoms with Crippen LogP contribution in [0, 0.1) is 0 Å². The molecule has 0 aliphatic heterocycles. The van der Waals surface area contributed by atoms with E-state index in [-0.39, 0.29) is 6.04 Å². The lowest BCUT2D eigenvalue weighted by Gasteiger charge is -2.15. The topological polar surface area (TPSA) is 47.3 Å². The van der Waals surface area contributed by atoms with Crippen molar-refractivity contribution in [2.24, 2.45) is 5.84 Å². The van der Waals surface area contributed by atoms with E-state index in [1.807, 2.05) is 18.4 Å². The van der Waals surface area contributed by atoms with Crippen molar-refractivity contribution in [3.05, 3.63) is 28.5 Å². The molecule has 0 saturated heterocycles. The lowest BCUT2D eigenvalue weighted by molar-refractivity contribution is 0.400. The minimum atomic E-state index is 0.150. The van der Waals surface area contributed by atoms with E-state index in [1.54, 1.807) is 18.4 Å². The van der Waals surface area contributed by atoms with Gasteiger partial charge in [0.1, 0.15) is 5.75 Å². The van der Waals surface area contributed by atoms with Gasteiger partial charge in [0.05, 0.1) is 18.0 Å². The Bertz CT molecular complexity index is 322. The van der Waals surface area contributed by atoms with Gasteiger partial charge in [0.15, 0.2) is 0 Å².